The van der Waals surface area contributed by atoms with Gasteiger partial charge in [-0.25, -0.2) is 9.37 Å². The molecule has 1 unspecified atom stereocenters. The number of rotatable bonds is 5. The molecule has 0 aliphatic carbocycles. The molecule has 4 heteroatoms. The summed E-state index contributed by atoms with van der Waals surface area (Å²) in [6, 6.07) is 4.78. The summed E-state index contributed by atoms with van der Waals surface area (Å²) in [5.74, 6) is 1.35. The smallest absolute Gasteiger partial charge is 0.125 e. The van der Waals surface area contributed by atoms with Gasteiger partial charge in [0.2, 0.25) is 0 Å². The minimum Gasteiger partial charge on any atom is -0.331 e. The molecule has 1 aromatic carbocycles. The monoisotopic (exact) mass is 291 g/mol. The van der Waals surface area contributed by atoms with Gasteiger partial charge < -0.3 is 10.3 Å². The van der Waals surface area contributed by atoms with Gasteiger partial charge >= 0.3 is 0 Å². The molecule has 2 rings (SSSR count). The Balaban J connectivity index is 2.17. The van der Waals surface area contributed by atoms with Gasteiger partial charge in [0.25, 0.3) is 0 Å². The molecule has 1 heterocycles. The zero-order chi connectivity index (χ0) is 15.6. The van der Waals surface area contributed by atoms with Crippen molar-refractivity contribution < 1.29 is 4.39 Å². The molecule has 1 aromatic heterocycles. The highest BCUT2D eigenvalue weighted by Gasteiger charge is 2.24. The average molecular weight is 291 g/mol. The van der Waals surface area contributed by atoms with E-state index >= 15 is 0 Å². The standard InChI is InChI=1S/C17H26FN3/c1-17(2,3)12(9-10-19)5-8-16-20-14-11-13(18)6-7-15(14)21(16)4/h6-7,11-12H,5,8-10,19H2,1-4H3. The van der Waals surface area contributed by atoms with E-state index in [1.807, 2.05) is 7.05 Å². The quantitative estimate of drug-likeness (QED) is 0.913. The Kier molecular flexibility index (Phi) is 4.67. The van der Waals surface area contributed by atoms with Crippen LogP contribution in [0.1, 0.15) is 39.4 Å². The van der Waals surface area contributed by atoms with Crippen LogP contribution in [0.5, 0.6) is 0 Å². The summed E-state index contributed by atoms with van der Waals surface area (Å²) in [6.07, 6.45) is 2.98. The van der Waals surface area contributed by atoms with E-state index < -0.39 is 0 Å². The van der Waals surface area contributed by atoms with Crippen molar-refractivity contribution in [2.45, 2.75) is 40.0 Å². The number of hydrogen-bond donors (Lipinski definition) is 1. The van der Waals surface area contributed by atoms with E-state index in [0.29, 0.717) is 5.92 Å². The predicted octanol–water partition coefficient (Wildman–Crippen LogP) is 3.66. The molecule has 0 radical (unpaired) electrons. The van der Waals surface area contributed by atoms with Crippen LogP contribution in [0, 0.1) is 17.2 Å². The third-order valence-electron chi connectivity index (χ3n) is 4.39. The van der Waals surface area contributed by atoms with E-state index in [9.17, 15) is 4.39 Å². The molecule has 0 aliphatic rings. The number of aromatic nitrogens is 2. The summed E-state index contributed by atoms with van der Waals surface area (Å²) in [5, 5.41) is 0. The third-order valence-corrected chi connectivity index (χ3v) is 4.39. The van der Waals surface area contributed by atoms with Crippen LogP contribution in [0.4, 0.5) is 4.39 Å². The van der Waals surface area contributed by atoms with E-state index in [-0.39, 0.29) is 11.2 Å². The first-order valence-corrected chi connectivity index (χ1v) is 7.64. The highest BCUT2D eigenvalue weighted by Crippen LogP contribution is 2.32. The Morgan fingerprint density at radius 3 is 2.62 bits per heavy atom. The lowest BCUT2D eigenvalue weighted by molar-refractivity contribution is 0.213. The SMILES string of the molecule is Cn1c(CCC(CCN)C(C)(C)C)nc2cc(F)ccc21. The first kappa shape index (κ1) is 16.0. The van der Waals surface area contributed by atoms with E-state index in [1.165, 1.54) is 12.1 Å². The molecule has 0 spiro atoms. The molecule has 1 atom stereocenters. The van der Waals surface area contributed by atoms with Gasteiger partial charge in [0.15, 0.2) is 0 Å². The molecule has 0 saturated heterocycles. The van der Waals surface area contributed by atoms with Crippen molar-refractivity contribution in [1.29, 1.82) is 0 Å². The van der Waals surface area contributed by atoms with Crippen LogP contribution in [0.15, 0.2) is 18.2 Å². The van der Waals surface area contributed by atoms with Gasteiger partial charge in [0.05, 0.1) is 11.0 Å². The van der Waals surface area contributed by atoms with Crippen LogP contribution in [0.2, 0.25) is 0 Å². The Morgan fingerprint density at radius 1 is 1.29 bits per heavy atom. The van der Waals surface area contributed by atoms with Crippen LogP contribution < -0.4 is 5.73 Å². The first-order chi connectivity index (χ1) is 9.82. The van der Waals surface area contributed by atoms with Crippen LogP contribution in [-0.4, -0.2) is 16.1 Å². The minimum absolute atomic E-state index is 0.233. The minimum atomic E-state index is -0.233. The zero-order valence-corrected chi connectivity index (χ0v) is 13.5. The summed E-state index contributed by atoms with van der Waals surface area (Å²) < 4.78 is 15.4. The second-order valence-electron chi connectivity index (χ2n) is 6.90. The Bertz CT molecular complexity index is 610. The molecule has 116 valence electrons. The number of halogens is 1. The Hall–Kier alpha value is -1.42. The molecule has 0 fully saturated rings. The van der Waals surface area contributed by atoms with Crippen LogP contribution in [-0.2, 0) is 13.5 Å². The van der Waals surface area contributed by atoms with Gasteiger partial charge in [0.1, 0.15) is 11.6 Å². The van der Waals surface area contributed by atoms with E-state index in [4.69, 9.17) is 5.73 Å². The number of benzene rings is 1. The number of nitrogens with two attached hydrogens (primary N) is 1. The van der Waals surface area contributed by atoms with Gasteiger partial charge in [-0.1, -0.05) is 20.8 Å². The van der Waals surface area contributed by atoms with Crippen molar-refractivity contribution in [2.75, 3.05) is 6.54 Å². The molecule has 0 amide bonds. The first-order valence-electron chi connectivity index (χ1n) is 7.64. The number of hydrogen-bond acceptors (Lipinski definition) is 2. The fourth-order valence-electron chi connectivity index (χ4n) is 2.96. The topological polar surface area (TPSA) is 43.8 Å². The maximum atomic E-state index is 13.3. The van der Waals surface area contributed by atoms with Gasteiger partial charge in [-0.15, -0.1) is 0 Å². The predicted molar refractivity (Wildman–Crippen MR) is 85.6 cm³/mol. The van der Waals surface area contributed by atoms with Crippen LogP contribution in [0.3, 0.4) is 0 Å². The molecule has 0 bridgehead atoms. The highest BCUT2D eigenvalue weighted by molar-refractivity contribution is 5.75. The number of fused-ring (bicyclic) bond motifs is 1. The van der Waals surface area contributed by atoms with E-state index in [2.05, 4.69) is 30.3 Å². The lowest BCUT2D eigenvalue weighted by Crippen LogP contribution is -2.24. The zero-order valence-electron chi connectivity index (χ0n) is 13.5. The second kappa shape index (κ2) is 6.14. The maximum absolute atomic E-state index is 13.3. The van der Waals surface area contributed by atoms with Crippen molar-refractivity contribution in [3.05, 3.63) is 29.8 Å². The van der Waals surface area contributed by atoms with Crippen molar-refractivity contribution in [3.63, 3.8) is 0 Å². The average Bonchev–Trinajstić information content (AvgIpc) is 2.69. The second-order valence-corrected chi connectivity index (χ2v) is 6.90. The van der Waals surface area contributed by atoms with Crippen molar-refractivity contribution in [1.82, 2.24) is 9.55 Å². The molecule has 0 saturated carbocycles. The van der Waals surface area contributed by atoms with Gasteiger partial charge in [-0.3, -0.25) is 0 Å². The van der Waals surface area contributed by atoms with Crippen LogP contribution in [0.25, 0.3) is 11.0 Å². The fraction of sp³-hybridized carbons (Fsp3) is 0.588. The fourth-order valence-corrected chi connectivity index (χ4v) is 2.96. The largest absolute Gasteiger partial charge is 0.331 e. The molecular formula is C17H26FN3. The summed E-state index contributed by atoms with van der Waals surface area (Å²) in [6.45, 7) is 7.50. The normalized spacial score (nSPS) is 13.8. The van der Waals surface area contributed by atoms with Gasteiger partial charge in [-0.2, -0.15) is 0 Å². The van der Waals surface area contributed by atoms with Crippen LogP contribution >= 0.6 is 0 Å². The lowest BCUT2D eigenvalue weighted by atomic mass is 9.76. The molecular weight excluding hydrogens is 265 g/mol. The van der Waals surface area contributed by atoms with Crippen molar-refractivity contribution >= 4 is 11.0 Å². The maximum Gasteiger partial charge on any atom is 0.125 e. The molecule has 3 nitrogen and oxygen atoms in total. The summed E-state index contributed by atoms with van der Waals surface area (Å²) in [5.41, 5.74) is 7.71. The molecule has 2 N–H and O–H groups in total. The number of nitrogens with zero attached hydrogens (tertiary/aromatic N) is 2. The highest BCUT2D eigenvalue weighted by atomic mass is 19.1. The number of imidazole rings is 1. The van der Waals surface area contributed by atoms with E-state index in [0.717, 1.165) is 42.7 Å². The Morgan fingerprint density at radius 2 is 2.00 bits per heavy atom. The van der Waals surface area contributed by atoms with Gasteiger partial charge in [0, 0.05) is 19.5 Å². The molecule has 2 aromatic rings. The van der Waals surface area contributed by atoms with E-state index in [1.54, 1.807) is 6.07 Å². The summed E-state index contributed by atoms with van der Waals surface area (Å²) in [7, 11) is 2.00. The number of aryl methyl sites for hydroxylation is 2. The van der Waals surface area contributed by atoms with Crippen molar-refractivity contribution in [3.8, 4) is 0 Å². The molecule has 21 heavy (non-hydrogen) atoms. The van der Waals surface area contributed by atoms with Crippen molar-refractivity contribution in [2.24, 2.45) is 24.1 Å². The summed E-state index contributed by atoms with van der Waals surface area (Å²) in [4.78, 5) is 4.58. The lowest BCUT2D eigenvalue weighted by Gasteiger charge is -2.30. The third kappa shape index (κ3) is 3.62. The Labute approximate surface area is 126 Å². The summed E-state index contributed by atoms with van der Waals surface area (Å²) >= 11 is 0. The van der Waals surface area contributed by atoms with Gasteiger partial charge in [-0.05, 0) is 42.9 Å². The molecule has 0 aliphatic heterocycles.